The lowest BCUT2D eigenvalue weighted by Gasteiger charge is -2.21. The van der Waals surface area contributed by atoms with Crippen molar-refractivity contribution < 1.29 is 9.90 Å². The number of aliphatic hydroxyl groups is 1. The first kappa shape index (κ1) is 11.9. The van der Waals surface area contributed by atoms with Gasteiger partial charge in [-0.15, -0.1) is 0 Å². The summed E-state index contributed by atoms with van der Waals surface area (Å²) in [5, 5.41) is 15.7. The Kier molecular flexibility index (Phi) is 3.61. The van der Waals surface area contributed by atoms with Crippen LogP contribution in [0.25, 0.3) is 0 Å². The average Bonchev–Trinajstić information content (AvgIpc) is 2.76. The first-order chi connectivity index (χ1) is 8.24. The summed E-state index contributed by atoms with van der Waals surface area (Å²) in [5.41, 5.74) is 1.56. The van der Waals surface area contributed by atoms with Crippen LogP contribution in [0.3, 0.4) is 0 Å². The zero-order valence-corrected chi connectivity index (χ0v) is 9.81. The Hall–Kier alpha value is -1.59. The molecule has 0 aliphatic carbocycles. The lowest BCUT2D eigenvalue weighted by Crippen LogP contribution is -2.29. The normalized spacial score (nSPS) is 17.1. The third-order valence-electron chi connectivity index (χ3n) is 2.84. The van der Waals surface area contributed by atoms with Gasteiger partial charge in [-0.05, 0) is 13.1 Å². The number of nitrogens with zero attached hydrogens (tertiary/aromatic N) is 1. The fourth-order valence-corrected chi connectivity index (χ4v) is 2.02. The van der Waals surface area contributed by atoms with Gasteiger partial charge in [0, 0.05) is 25.2 Å². The quantitative estimate of drug-likeness (QED) is 0.710. The smallest absolute Gasteiger partial charge is 0.322 e. The molecule has 17 heavy (non-hydrogen) atoms. The summed E-state index contributed by atoms with van der Waals surface area (Å²) in [6.45, 7) is 1.75. The van der Waals surface area contributed by atoms with Crippen molar-refractivity contribution in [3.8, 4) is 0 Å². The van der Waals surface area contributed by atoms with Crippen LogP contribution < -0.4 is 15.5 Å². The summed E-state index contributed by atoms with van der Waals surface area (Å²) < 4.78 is 0. The molecule has 5 heteroatoms. The van der Waals surface area contributed by atoms with Gasteiger partial charge < -0.3 is 15.7 Å². The van der Waals surface area contributed by atoms with E-state index in [0.29, 0.717) is 19.6 Å². The van der Waals surface area contributed by atoms with Crippen molar-refractivity contribution in [3.05, 3.63) is 29.8 Å². The maximum Gasteiger partial charge on any atom is 0.322 e. The van der Waals surface area contributed by atoms with Gasteiger partial charge in [-0.1, -0.05) is 18.2 Å². The van der Waals surface area contributed by atoms with Crippen molar-refractivity contribution in [2.24, 2.45) is 0 Å². The number of nitrogens with one attached hydrogen (secondary N) is 2. The summed E-state index contributed by atoms with van der Waals surface area (Å²) in [7, 11) is 1.79. The van der Waals surface area contributed by atoms with Crippen molar-refractivity contribution in [1.82, 2.24) is 10.6 Å². The molecule has 0 radical (unpaired) electrons. The molecule has 2 rings (SSSR count). The van der Waals surface area contributed by atoms with Crippen LogP contribution in [0, 0.1) is 0 Å². The molecule has 3 N–H and O–H groups in total. The van der Waals surface area contributed by atoms with Crippen LogP contribution in [0.1, 0.15) is 11.7 Å². The largest absolute Gasteiger partial charge is 0.387 e. The van der Waals surface area contributed by atoms with E-state index in [1.54, 1.807) is 11.9 Å². The van der Waals surface area contributed by atoms with E-state index in [9.17, 15) is 9.90 Å². The van der Waals surface area contributed by atoms with E-state index in [0.717, 1.165) is 11.3 Å². The second-order valence-corrected chi connectivity index (χ2v) is 4.02. The Bertz CT molecular complexity index is 408. The number of benzene rings is 1. The SMILES string of the molecule is CNCC(O)c1ccccc1N1CCNC1=O. The monoisotopic (exact) mass is 235 g/mol. The predicted molar refractivity (Wildman–Crippen MR) is 66.1 cm³/mol. The summed E-state index contributed by atoms with van der Waals surface area (Å²) in [6.07, 6.45) is -0.607. The van der Waals surface area contributed by atoms with Gasteiger partial charge in [-0.3, -0.25) is 4.90 Å². The number of aliphatic hydroxyl groups excluding tert-OH is 1. The molecule has 1 unspecified atom stereocenters. The fourth-order valence-electron chi connectivity index (χ4n) is 2.02. The number of hydrogen-bond donors (Lipinski definition) is 3. The van der Waals surface area contributed by atoms with E-state index in [2.05, 4.69) is 10.6 Å². The van der Waals surface area contributed by atoms with E-state index in [1.165, 1.54) is 0 Å². The lowest BCUT2D eigenvalue weighted by atomic mass is 10.1. The molecular weight excluding hydrogens is 218 g/mol. The molecule has 92 valence electrons. The van der Waals surface area contributed by atoms with Crippen LogP contribution >= 0.6 is 0 Å². The predicted octanol–water partition coefficient (Wildman–Crippen LogP) is 0.469. The van der Waals surface area contributed by atoms with Crippen LogP contribution in [-0.2, 0) is 0 Å². The van der Waals surface area contributed by atoms with Gasteiger partial charge in [-0.25, -0.2) is 4.79 Å². The zero-order chi connectivity index (χ0) is 12.3. The third kappa shape index (κ3) is 2.40. The number of likely N-dealkylation sites (N-methyl/N-ethyl adjacent to an activating group) is 1. The molecular formula is C12H17N3O2. The third-order valence-corrected chi connectivity index (χ3v) is 2.84. The van der Waals surface area contributed by atoms with Crippen LogP contribution in [0.4, 0.5) is 10.5 Å². The van der Waals surface area contributed by atoms with Crippen molar-refractivity contribution in [2.45, 2.75) is 6.10 Å². The molecule has 0 saturated carbocycles. The van der Waals surface area contributed by atoms with Crippen molar-refractivity contribution in [2.75, 3.05) is 31.6 Å². The van der Waals surface area contributed by atoms with Gasteiger partial charge in [0.25, 0.3) is 0 Å². The number of hydrogen-bond acceptors (Lipinski definition) is 3. The highest BCUT2D eigenvalue weighted by molar-refractivity contribution is 5.94. The van der Waals surface area contributed by atoms with Crippen molar-refractivity contribution in [3.63, 3.8) is 0 Å². The molecule has 1 saturated heterocycles. The molecule has 2 amide bonds. The van der Waals surface area contributed by atoms with Gasteiger partial charge in [0.15, 0.2) is 0 Å². The maximum absolute atomic E-state index is 11.6. The van der Waals surface area contributed by atoms with E-state index in [4.69, 9.17) is 0 Å². The number of urea groups is 1. The van der Waals surface area contributed by atoms with Crippen LogP contribution in [0.15, 0.2) is 24.3 Å². The molecule has 1 atom stereocenters. The number of rotatable bonds is 4. The summed E-state index contributed by atoms with van der Waals surface area (Å²) in [5.74, 6) is 0. The number of amides is 2. The zero-order valence-electron chi connectivity index (χ0n) is 9.81. The Labute approximate surface area is 100 Å². The molecule has 1 aromatic carbocycles. The second kappa shape index (κ2) is 5.16. The lowest BCUT2D eigenvalue weighted by molar-refractivity contribution is 0.178. The number of carbonyl (C=O) groups is 1. The number of para-hydroxylation sites is 1. The Morgan fingerprint density at radius 3 is 2.94 bits per heavy atom. The van der Waals surface area contributed by atoms with Gasteiger partial charge >= 0.3 is 6.03 Å². The van der Waals surface area contributed by atoms with Crippen LogP contribution in [0.5, 0.6) is 0 Å². The van der Waals surface area contributed by atoms with Crippen LogP contribution in [-0.4, -0.2) is 37.8 Å². The molecule has 5 nitrogen and oxygen atoms in total. The Morgan fingerprint density at radius 2 is 2.29 bits per heavy atom. The van der Waals surface area contributed by atoms with E-state index >= 15 is 0 Å². The van der Waals surface area contributed by atoms with Crippen LogP contribution in [0.2, 0.25) is 0 Å². The summed E-state index contributed by atoms with van der Waals surface area (Å²) in [6, 6.07) is 7.35. The van der Waals surface area contributed by atoms with E-state index < -0.39 is 6.10 Å². The fraction of sp³-hybridized carbons (Fsp3) is 0.417. The molecule has 0 spiro atoms. The van der Waals surface area contributed by atoms with Crippen molar-refractivity contribution in [1.29, 1.82) is 0 Å². The number of anilines is 1. The average molecular weight is 235 g/mol. The maximum atomic E-state index is 11.6. The van der Waals surface area contributed by atoms with Gasteiger partial charge in [-0.2, -0.15) is 0 Å². The molecule has 1 aliphatic heterocycles. The standard InChI is InChI=1S/C12H17N3O2/c1-13-8-11(16)9-4-2-3-5-10(9)15-7-6-14-12(15)17/h2-5,11,13,16H,6-8H2,1H3,(H,14,17). The summed E-state index contributed by atoms with van der Waals surface area (Å²) >= 11 is 0. The van der Waals surface area contributed by atoms with Gasteiger partial charge in [0.2, 0.25) is 0 Å². The van der Waals surface area contributed by atoms with Gasteiger partial charge in [0.1, 0.15) is 0 Å². The molecule has 1 aromatic rings. The minimum absolute atomic E-state index is 0.103. The van der Waals surface area contributed by atoms with E-state index in [1.807, 2.05) is 24.3 Å². The Balaban J connectivity index is 2.30. The number of carbonyl (C=O) groups excluding carboxylic acids is 1. The highest BCUT2D eigenvalue weighted by Crippen LogP contribution is 2.27. The molecule has 1 aliphatic rings. The highest BCUT2D eigenvalue weighted by Gasteiger charge is 2.24. The topological polar surface area (TPSA) is 64.6 Å². The first-order valence-electron chi connectivity index (χ1n) is 5.71. The Morgan fingerprint density at radius 1 is 1.53 bits per heavy atom. The second-order valence-electron chi connectivity index (χ2n) is 4.02. The van der Waals surface area contributed by atoms with Crippen molar-refractivity contribution >= 4 is 11.7 Å². The molecule has 0 aromatic heterocycles. The highest BCUT2D eigenvalue weighted by atomic mass is 16.3. The minimum Gasteiger partial charge on any atom is -0.387 e. The molecule has 0 bridgehead atoms. The van der Waals surface area contributed by atoms with E-state index in [-0.39, 0.29) is 6.03 Å². The van der Waals surface area contributed by atoms with Gasteiger partial charge in [0.05, 0.1) is 11.8 Å². The molecule has 1 heterocycles. The molecule has 1 fully saturated rings. The summed E-state index contributed by atoms with van der Waals surface area (Å²) in [4.78, 5) is 13.3. The minimum atomic E-state index is -0.607. The first-order valence-corrected chi connectivity index (χ1v) is 5.71.